The van der Waals surface area contributed by atoms with Crippen LogP contribution in [0.2, 0.25) is 0 Å². The van der Waals surface area contributed by atoms with Gasteiger partial charge in [0.25, 0.3) is 0 Å². The maximum absolute atomic E-state index is 5.79. The number of hydrogen-bond donors (Lipinski definition) is 2. The minimum Gasteiger partial charge on any atom is -0.382 e. The molecule has 0 spiro atoms. The van der Waals surface area contributed by atoms with Crippen LogP contribution in [0.5, 0.6) is 0 Å². The summed E-state index contributed by atoms with van der Waals surface area (Å²) in [5, 5.41) is 7.09. The number of aromatic amines is 1. The van der Waals surface area contributed by atoms with Crippen LogP contribution in [0, 0.1) is 0 Å². The standard InChI is InChI=1S/C10H19N3/c1-5-7(4)9-8(6(2)3)10(11)13-12-9/h6-7H,5H2,1-4H3,(H3,11,12,13). The van der Waals surface area contributed by atoms with E-state index >= 15 is 0 Å². The molecule has 1 rings (SSSR count). The Morgan fingerprint density at radius 2 is 2.00 bits per heavy atom. The van der Waals surface area contributed by atoms with Crippen LogP contribution >= 0.6 is 0 Å². The van der Waals surface area contributed by atoms with Crippen molar-refractivity contribution in [1.29, 1.82) is 0 Å². The predicted octanol–water partition coefficient (Wildman–Crippen LogP) is 2.63. The number of H-pyrrole nitrogens is 1. The van der Waals surface area contributed by atoms with Gasteiger partial charge in [0.05, 0.1) is 0 Å². The van der Waals surface area contributed by atoms with Gasteiger partial charge in [-0.25, -0.2) is 0 Å². The van der Waals surface area contributed by atoms with Gasteiger partial charge in [-0.05, 0) is 18.3 Å². The Bertz CT molecular complexity index is 276. The number of nitrogens with zero attached hydrogens (tertiary/aromatic N) is 1. The molecular formula is C10H19N3. The highest BCUT2D eigenvalue weighted by Crippen LogP contribution is 2.29. The number of anilines is 1. The third-order valence-corrected chi connectivity index (χ3v) is 2.55. The van der Waals surface area contributed by atoms with Crippen molar-refractivity contribution >= 4 is 5.82 Å². The Balaban J connectivity index is 3.07. The number of aromatic nitrogens is 2. The summed E-state index contributed by atoms with van der Waals surface area (Å²) >= 11 is 0. The third-order valence-electron chi connectivity index (χ3n) is 2.55. The van der Waals surface area contributed by atoms with Gasteiger partial charge in [0, 0.05) is 11.3 Å². The zero-order valence-electron chi connectivity index (χ0n) is 8.89. The molecule has 3 N–H and O–H groups in total. The van der Waals surface area contributed by atoms with Crippen molar-refractivity contribution in [1.82, 2.24) is 10.2 Å². The van der Waals surface area contributed by atoms with Crippen molar-refractivity contribution in [2.75, 3.05) is 5.73 Å². The van der Waals surface area contributed by atoms with Crippen LogP contribution in [0.4, 0.5) is 5.82 Å². The first kappa shape index (κ1) is 10.1. The fourth-order valence-electron chi connectivity index (χ4n) is 1.57. The molecule has 0 aromatic carbocycles. The first-order valence-corrected chi connectivity index (χ1v) is 4.91. The fourth-order valence-corrected chi connectivity index (χ4v) is 1.57. The smallest absolute Gasteiger partial charge is 0.148 e. The average molecular weight is 181 g/mol. The van der Waals surface area contributed by atoms with Gasteiger partial charge < -0.3 is 5.73 Å². The van der Waals surface area contributed by atoms with Crippen LogP contribution in [0.1, 0.15) is 57.2 Å². The summed E-state index contributed by atoms with van der Waals surface area (Å²) in [5.41, 5.74) is 8.19. The Kier molecular flexibility index (Phi) is 2.96. The van der Waals surface area contributed by atoms with E-state index in [1.807, 2.05) is 0 Å². The number of nitrogens with two attached hydrogens (primary N) is 1. The lowest BCUT2D eigenvalue weighted by atomic mass is 9.94. The Labute approximate surface area is 79.7 Å². The highest BCUT2D eigenvalue weighted by Gasteiger charge is 2.17. The molecule has 0 aliphatic rings. The molecule has 0 saturated heterocycles. The molecule has 0 aliphatic carbocycles. The molecule has 74 valence electrons. The van der Waals surface area contributed by atoms with E-state index < -0.39 is 0 Å². The molecule has 1 atom stereocenters. The molecule has 3 heteroatoms. The molecule has 1 heterocycles. The van der Waals surface area contributed by atoms with Gasteiger partial charge in [-0.15, -0.1) is 0 Å². The monoisotopic (exact) mass is 181 g/mol. The fraction of sp³-hybridized carbons (Fsp3) is 0.700. The molecule has 13 heavy (non-hydrogen) atoms. The van der Waals surface area contributed by atoms with Gasteiger partial charge in [0.1, 0.15) is 5.82 Å². The normalized spacial score (nSPS) is 13.6. The van der Waals surface area contributed by atoms with Crippen LogP contribution < -0.4 is 5.73 Å². The van der Waals surface area contributed by atoms with E-state index in [4.69, 9.17) is 5.73 Å². The minimum atomic E-state index is 0.447. The molecular weight excluding hydrogens is 162 g/mol. The van der Waals surface area contributed by atoms with Crippen LogP contribution in [0.15, 0.2) is 0 Å². The van der Waals surface area contributed by atoms with E-state index in [-0.39, 0.29) is 0 Å². The number of nitrogens with one attached hydrogen (secondary N) is 1. The maximum Gasteiger partial charge on any atom is 0.148 e. The van der Waals surface area contributed by atoms with Crippen LogP contribution in [-0.2, 0) is 0 Å². The molecule has 0 aliphatic heterocycles. The van der Waals surface area contributed by atoms with Crippen molar-refractivity contribution < 1.29 is 0 Å². The van der Waals surface area contributed by atoms with Crippen molar-refractivity contribution in [3.05, 3.63) is 11.3 Å². The second kappa shape index (κ2) is 3.81. The number of hydrogen-bond acceptors (Lipinski definition) is 2. The van der Waals surface area contributed by atoms with Gasteiger partial charge in [-0.1, -0.05) is 27.7 Å². The van der Waals surface area contributed by atoms with Gasteiger partial charge in [0.15, 0.2) is 0 Å². The van der Waals surface area contributed by atoms with Crippen molar-refractivity contribution in [3.8, 4) is 0 Å². The first-order valence-electron chi connectivity index (χ1n) is 4.91. The van der Waals surface area contributed by atoms with E-state index in [1.165, 1.54) is 11.3 Å². The SMILES string of the molecule is CCC(C)c1[nH]nc(N)c1C(C)C. The molecule has 0 bridgehead atoms. The summed E-state index contributed by atoms with van der Waals surface area (Å²) in [7, 11) is 0. The molecule has 1 aromatic heterocycles. The van der Waals surface area contributed by atoms with E-state index in [0.717, 1.165) is 6.42 Å². The number of rotatable bonds is 3. The minimum absolute atomic E-state index is 0.447. The lowest BCUT2D eigenvalue weighted by molar-refractivity contribution is 0.684. The van der Waals surface area contributed by atoms with Gasteiger partial charge in [0.2, 0.25) is 0 Å². The van der Waals surface area contributed by atoms with Crippen molar-refractivity contribution in [3.63, 3.8) is 0 Å². The molecule has 0 radical (unpaired) electrons. The first-order chi connectivity index (χ1) is 6.07. The Hall–Kier alpha value is -0.990. The molecule has 1 unspecified atom stereocenters. The Morgan fingerprint density at radius 3 is 2.46 bits per heavy atom. The summed E-state index contributed by atoms with van der Waals surface area (Å²) in [6.45, 7) is 8.66. The molecule has 0 saturated carbocycles. The zero-order chi connectivity index (χ0) is 10.0. The summed E-state index contributed by atoms with van der Waals surface area (Å²) in [5.74, 6) is 1.62. The zero-order valence-corrected chi connectivity index (χ0v) is 8.89. The van der Waals surface area contributed by atoms with Crippen LogP contribution in [0.3, 0.4) is 0 Å². The maximum atomic E-state index is 5.79. The van der Waals surface area contributed by atoms with Crippen LogP contribution in [0.25, 0.3) is 0 Å². The summed E-state index contributed by atoms with van der Waals surface area (Å²) < 4.78 is 0. The molecule has 0 amide bonds. The molecule has 1 aromatic rings. The van der Waals surface area contributed by atoms with Crippen LogP contribution in [-0.4, -0.2) is 10.2 Å². The number of nitrogen functional groups attached to an aromatic ring is 1. The van der Waals surface area contributed by atoms with Gasteiger partial charge in [-0.3, -0.25) is 5.10 Å². The van der Waals surface area contributed by atoms with E-state index in [1.54, 1.807) is 0 Å². The summed E-state index contributed by atoms with van der Waals surface area (Å²) in [4.78, 5) is 0. The highest BCUT2D eigenvalue weighted by atomic mass is 15.2. The second-order valence-corrected chi connectivity index (χ2v) is 3.90. The summed E-state index contributed by atoms with van der Waals surface area (Å²) in [6, 6.07) is 0. The topological polar surface area (TPSA) is 54.7 Å². The lowest BCUT2D eigenvalue weighted by Gasteiger charge is -2.11. The van der Waals surface area contributed by atoms with Crippen molar-refractivity contribution in [2.24, 2.45) is 0 Å². The van der Waals surface area contributed by atoms with E-state index in [2.05, 4.69) is 37.9 Å². The van der Waals surface area contributed by atoms with Crippen molar-refractivity contribution in [2.45, 2.75) is 46.0 Å². The molecule has 0 fully saturated rings. The largest absolute Gasteiger partial charge is 0.382 e. The van der Waals surface area contributed by atoms with Gasteiger partial charge >= 0.3 is 0 Å². The van der Waals surface area contributed by atoms with E-state index in [9.17, 15) is 0 Å². The van der Waals surface area contributed by atoms with Gasteiger partial charge in [-0.2, -0.15) is 5.10 Å². The highest BCUT2D eigenvalue weighted by molar-refractivity contribution is 5.45. The second-order valence-electron chi connectivity index (χ2n) is 3.90. The molecule has 3 nitrogen and oxygen atoms in total. The lowest BCUT2D eigenvalue weighted by Crippen LogP contribution is -2.00. The summed E-state index contributed by atoms with van der Waals surface area (Å²) in [6.07, 6.45) is 1.11. The Morgan fingerprint density at radius 1 is 1.38 bits per heavy atom. The predicted molar refractivity (Wildman–Crippen MR) is 55.8 cm³/mol. The average Bonchev–Trinajstić information content (AvgIpc) is 2.45. The third kappa shape index (κ3) is 1.85. The van der Waals surface area contributed by atoms with E-state index in [0.29, 0.717) is 17.7 Å². The quantitative estimate of drug-likeness (QED) is 0.753.